The van der Waals surface area contributed by atoms with Crippen LogP contribution in [0.2, 0.25) is 0 Å². The highest BCUT2D eigenvalue weighted by Gasteiger charge is 2.55. The van der Waals surface area contributed by atoms with E-state index in [9.17, 15) is 33.9 Å². The number of hydrogen-bond acceptors (Lipinski definition) is 17. The van der Waals surface area contributed by atoms with E-state index < -0.39 is 110 Å². The van der Waals surface area contributed by atoms with Crippen LogP contribution in [0.4, 0.5) is 0 Å². The number of esters is 6. The Morgan fingerprint density at radius 3 is 1.37 bits per heavy atom. The second kappa shape index (κ2) is 22.0. The van der Waals surface area contributed by atoms with Crippen LogP contribution >= 0.6 is 0 Å². The van der Waals surface area contributed by atoms with Gasteiger partial charge in [-0.3, -0.25) is 14.4 Å². The molecule has 2 fully saturated rings. The highest BCUT2D eigenvalue weighted by atomic mass is 16.7. The van der Waals surface area contributed by atoms with Gasteiger partial charge in [0, 0.05) is 20.8 Å². The zero-order valence-corrected chi connectivity index (χ0v) is 34.4. The van der Waals surface area contributed by atoms with Crippen LogP contribution in [0.3, 0.4) is 0 Å². The first-order chi connectivity index (χ1) is 30.4. The van der Waals surface area contributed by atoms with E-state index >= 15 is 0 Å². The zero-order chi connectivity index (χ0) is 44.9. The molecule has 6 rings (SSSR count). The summed E-state index contributed by atoms with van der Waals surface area (Å²) >= 11 is 0. The standard InChI is InChI=1S/C46H46O17/c1-27(47)54-25-35-36(57-28(2)48)39(58-29(3)49)41(55-24-30-16-8-4-9-17-30)46(60-35)56-26-34-37(61-42(50)31-18-10-5-11-19-31)38(62-43(51)32-20-12-6-13-21-32)40(45(53)59-34)63-44(52)33-22-14-7-15-23-33/h4-23,34-41,45-46,53H,24-26H2,1-3H3/t34-,35-,36+,37+,38+,39+,40-,41-,45-,46+/m1/s1. The van der Waals surface area contributed by atoms with Crippen molar-refractivity contribution in [3.63, 3.8) is 0 Å². The van der Waals surface area contributed by atoms with Crippen molar-refractivity contribution in [2.75, 3.05) is 13.2 Å². The predicted molar refractivity (Wildman–Crippen MR) is 215 cm³/mol. The molecule has 10 atom stereocenters. The summed E-state index contributed by atoms with van der Waals surface area (Å²) in [6.07, 6.45) is -15.7. The van der Waals surface area contributed by atoms with Gasteiger partial charge in [-0.05, 0) is 42.0 Å². The molecule has 2 saturated heterocycles. The van der Waals surface area contributed by atoms with E-state index in [4.69, 9.17) is 47.4 Å². The van der Waals surface area contributed by atoms with Gasteiger partial charge in [-0.2, -0.15) is 0 Å². The molecule has 63 heavy (non-hydrogen) atoms. The van der Waals surface area contributed by atoms with Gasteiger partial charge in [-0.25, -0.2) is 14.4 Å². The summed E-state index contributed by atoms with van der Waals surface area (Å²) in [5.74, 6) is -5.01. The van der Waals surface area contributed by atoms with Crippen LogP contribution in [0.5, 0.6) is 0 Å². The molecule has 0 saturated carbocycles. The third-order valence-electron chi connectivity index (χ3n) is 9.72. The lowest BCUT2D eigenvalue weighted by atomic mass is 9.97. The number of carbonyl (C=O) groups is 6. The van der Waals surface area contributed by atoms with E-state index in [1.165, 1.54) is 36.4 Å². The van der Waals surface area contributed by atoms with Crippen LogP contribution in [0.15, 0.2) is 121 Å². The summed E-state index contributed by atoms with van der Waals surface area (Å²) in [7, 11) is 0. The first-order valence-corrected chi connectivity index (χ1v) is 19.9. The van der Waals surface area contributed by atoms with Crippen molar-refractivity contribution in [2.24, 2.45) is 0 Å². The van der Waals surface area contributed by atoms with Crippen molar-refractivity contribution in [3.8, 4) is 0 Å². The molecule has 0 aliphatic carbocycles. The Hall–Kier alpha value is -6.50. The highest BCUT2D eigenvalue weighted by molar-refractivity contribution is 5.91. The first kappa shape index (κ1) is 46.0. The molecule has 17 nitrogen and oxygen atoms in total. The molecule has 0 bridgehead atoms. The topological polar surface area (TPSA) is 215 Å². The van der Waals surface area contributed by atoms with Gasteiger partial charge in [0.05, 0.1) is 29.9 Å². The third kappa shape index (κ3) is 12.6. The van der Waals surface area contributed by atoms with Gasteiger partial charge in [-0.15, -0.1) is 0 Å². The van der Waals surface area contributed by atoms with Crippen molar-refractivity contribution in [1.29, 1.82) is 0 Å². The van der Waals surface area contributed by atoms with Crippen LogP contribution in [0, 0.1) is 0 Å². The van der Waals surface area contributed by atoms with Gasteiger partial charge in [0.15, 0.2) is 43.1 Å². The van der Waals surface area contributed by atoms with Crippen LogP contribution in [-0.2, 0) is 68.4 Å². The van der Waals surface area contributed by atoms with Crippen LogP contribution in [0.25, 0.3) is 0 Å². The Kier molecular flexibility index (Phi) is 16.1. The van der Waals surface area contributed by atoms with E-state index in [0.29, 0.717) is 5.56 Å². The van der Waals surface area contributed by atoms with Gasteiger partial charge in [0.1, 0.15) is 24.9 Å². The Morgan fingerprint density at radius 1 is 0.460 bits per heavy atom. The van der Waals surface area contributed by atoms with E-state index in [1.54, 1.807) is 84.9 Å². The molecular formula is C46H46O17. The third-order valence-corrected chi connectivity index (χ3v) is 9.72. The number of carbonyl (C=O) groups excluding carboxylic acids is 6. The molecule has 0 spiro atoms. The number of rotatable bonds is 16. The van der Waals surface area contributed by atoms with E-state index in [1.807, 2.05) is 0 Å². The molecule has 0 amide bonds. The van der Waals surface area contributed by atoms with Crippen LogP contribution in [0.1, 0.15) is 57.4 Å². The van der Waals surface area contributed by atoms with Gasteiger partial charge in [-0.1, -0.05) is 84.9 Å². The predicted octanol–water partition coefficient (Wildman–Crippen LogP) is 4.13. The lowest BCUT2D eigenvalue weighted by Crippen LogP contribution is -2.64. The molecule has 0 radical (unpaired) electrons. The van der Waals surface area contributed by atoms with Crippen molar-refractivity contribution in [1.82, 2.24) is 0 Å². The number of aliphatic hydroxyl groups is 1. The van der Waals surface area contributed by atoms with Crippen LogP contribution < -0.4 is 0 Å². The maximum Gasteiger partial charge on any atom is 0.338 e. The molecule has 4 aromatic rings. The molecule has 2 heterocycles. The molecule has 0 aromatic heterocycles. The monoisotopic (exact) mass is 870 g/mol. The molecule has 0 unspecified atom stereocenters. The van der Waals surface area contributed by atoms with E-state index in [-0.39, 0.29) is 23.3 Å². The summed E-state index contributed by atoms with van der Waals surface area (Å²) in [5.41, 5.74) is 0.956. The van der Waals surface area contributed by atoms with Crippen molar-refractivity contribution in [2.45, 2.75) is 88.8 Å². The molecule has 2 aliphatic heterocycles. The van der Waals surface area contributed by atoms with Gasteiger partial charge >= 0.3 is 35.8 Å². The molecule has 17 heteroatoms. The molecule has 1 N–H and O–H groups in total. The Morgan fingerprint density at radius 2 is 0.873 bits per heavy atom. The van der Waals surface area contributed by atoms with Gasteiger partial charge in [0.2, 0.25) is 0 Å². The first-order valence-electron chi connectivity index (χ1n) is 19.9. The van der Waals surface area contributed by atoms with E-state index in [2.05, 4.69) is 0 Å². The largest absolute Gasteiger partial charge is 0.463 e. The quantitative estimate of drug-likeness (QED) is 0.124. The SMILES string of the molecule is CC(=O)OC[C@H]1O[C@H](OC[C@H]2O[C@@H](O)[C@H](OC(=O)c3ccccc3)[C@@H](OC(=O)c3ccccc3)[C@H]2OC(=O)c2ccccc2)[C@H](OCc2ccccc2)[C@@H](OC(C)=O)[C@H]1OC(C)=O. The maximum absolute atomic E-state index is 13.8. The fourth-order valence-electron chi connectivity index (χ4n) is 6.87. The maximum atomic E-state index is 13.8. The van der Waals surface area contributed by atoms with Crippen LogP contribution in [-0.4, -0.2) is 116 Å². The minimum absolute atomic E-state index is 0.0826. The van der Waals surface area contributed by atoms with E-state index in [0.717, 1.165) is 20.8 Å². The lowest BCUT2D eigenvalue weighted by Gasteiger charge is -2.46. The van der Waals surface area contributed by atoms with Gasteiger partial charge in [0.25, 0.3) is 0 Å². The minimum atomic E-state index is -2.01. The normalized spacial score (nSPS) is 25.4. The molecule has 2 aliphatic rings. The summed E-state index contributed by atoms with van der Waals surface area (Å²) in [6.45, 7) is 2.20. The summed E-state index contributed by atoms with van der Waals surface area (Å²) in [5, 5.41) is 11.6. The molecule has 4 aromatic carbocycles. The Balaban J connectivity index is 1.37. The van der Waals surface area contributed by atoms with Crippen molar-refractivity contribution >= 4 is 35.8 Å². The number of aliphatic hydroxyl groups excluding tert-OH is 1. The summed E-state index contributed by atoms with van der Waals surface area (Å²) in [4.78, 5) is 78.0. The average molecular weight is 871 g/mol. The van der Waals surface area contributed by atoms with Crippen molar-refractivity contribution in [3.05, 3.63) is 144 Å². The number of ether oxygens (including phenoxy) is 10. The zero-order valence-electron chi connectivity index (χ0n) is 34.4. The summed E-state index contributed by atoms with van der Waals surface area (Å²) in [6, 6.07) is 32.3. The Bertz CT molecular complexity index is 2150. The number of hydrogen-bond donors (Lipinski definition) is 1. The fraction of sp³-hybridized carbons (Fsp3) is 0.348. The highest BCUT2D eigenvalue weighted by Crippen LogP contribution is 2.34. The van der Waals surface area contributed by atoms with Gasteiger partial charge < -0.3 is 52.5 Å². The fourth-order valence-corrected chi connectivity index (χ4v) is 6.87. The molecular weight excluding hydrogens is 824 g/mol. The molecule has 332 valence electrons. The summed E-state index contributed by atoms with van der Waals surface area (Å²) < 4.78 is 59.1. The average Bonchev–Trinajstić information content (AvgIpc) is 3.28. The Labute approximate surface area is 362 Å². The smallest absolute Gasteiger partial charge is 0.338 e. The van der Waals surface area contributed by atoms with Crippen molar-refractivity contribution < 1.29 is 81.2 Å². The second-order valence-electron chi connectivity index (χ2n) is 14.4. The minimum Gasteiger partial charge on any atom is -0.463 e. The number of benzene rings is 4. The lowest BCUT2D eigenvalue weighted by molar-refractivity contribution is -0.332. The second-order valence-corrected chi connectivity index (χ2v) is 14.4.